The van der Waals surface area contributed by atoms with E-state index in [1.54, 1.807) is 26.0 Å². The number of amides is 1. The van der Waals surface area contributed by atoms with Gasteiger partial charge in [0.1, 0.15) is 6.10 Å². The maximum absolute atomic E-state index is 12.2. The van der Waals surface area contributed by atoms with Gasteiger partial charge in [0.2, 0.25) is 5.88 Å². The monoisotopic (exact) mass is 308 g/mol. The number of carboxylic acid groups (broad SMARTS) is 1. The smallest absolute Gasteiger partial charge is 0.308 e. The minimum absolute atomic E-state index is 0.0447. The van der Waals surface area contributed by atoms with Crippen LogP contribution in [0.3, 0.4) is 0 Å². The van der Waals surface area contributed by atoms with Gasteiger partial charge < -0.3 is 19.9 Å². The molecule has 7 nitrogen and oxygen atoms in total. The summed E-state index contributed by atoms with van der Waals surface area (Å²) < 4.78 is 10.9. The number of hydrogen-bond acceptors (Lipinski definition) is 5. The van der Waals surface area contributed by atoms with E-state index in [1.807, 2.05) is 0 Å². The first-order valence-corrected chi connectivity index (χ1v) is 7.21. The van der Waals surface area contributed by atoms with Gasteiger partial charge in [0.15, 0.2) is 0 Å². The lowest BCUT2D eigenvalue weighted by Gasteiger charge is -2.18. The van der Waals surface area contributed by atoms with E-state index < -0.39 is 17.9 Å². The lowest BCUT2D eigenvalue weighted by atomic mass is 10.0. The highest BCUT2D eigenvalue weighted by Gasteiger charge is 2.22. The number of carbonyl (C=O) groups excluding carboxylic acids is 1. The highest BCUT2D eigenvalue weighted by molar-refractivity contribution is 5.94. The number of ether oxygens (including phenoxy) is 2. The van der Waals surface area contributed by atoms with Crippen LogP contribution in [-0.2, 0) is 9.53 Å². The minimum atomic E-state index is -0.951. The molecule has 0 aliphatic carbocycles. The van der Waals surface area contributed by atoms with E-state index in [0.717, 1.165) is 6.42 Å². The van der Waals surface area contributed by atoms with Crippen LogP contribution in [0.4, 0.5) is 0 Å². The fourth-order valence-electron chi connectivity index (χ4n) is 2.02. The molecule has 0 radical (unpaired) electrons. The molecule has 120 valence electrons. The first-order valence-electron chi connectivity index (χ1n) is 7.21. The van der Waals surface area contributed by atoms with E-state index in [9.17, 15) is 9.59 Å². The van der Waals surface area contributed by atoms with Gasteiger partial charge in [-0.2, -0.15) is 0 Å². The molecule has 1 fully saturated rings. The van der Waals surface area contributed by atoms with Gasteiger partial charge in [0.05, 0.1) is 19.1 Å². The van der Waals surface area contributed by atoms with Gasteiger partial charge in [-0.05, 0) is 19.9 Å². The number of nitrogens with zero attached hydrogens (tertiary/aromatic N) is 1. The second kappa shape index (κ2) is 7.22. The standard InChI is InChI=1S/C15H20N2O5/c1-9(15(19)20)10(2)17-14(18)11-3-5-16-13(7-11)22-12-4-6-21-8-12/h3,5,7,9-10,12H,4,6,8H2,1-2H3,(H,17,18)(H,19,20). The molecule has 1 saturated heterocycles. The number of nitrogens with one attached hydrogen (secondary N) is 1. The Hall–Kier alpha value is -2.15. The molecule has 22 heavy (non-hydrogen) atoms. The van der Waals surface area contributed by atoms with Crippen molar-refractivity contribution < 1.29 is 24.2 Å². The average molecular weight is 308 g/mol. The maximum atomic E-state index is 12.2. The van der Waals surface area contributed by atoms with E-state index in [1.165, 1.54) is 6.20 Å². The first-order chi connectivity index (χ1) is 10.5. The van der Waals surface area contributed by atoms with Crippen LogP contribution >= 0.6 is 0 Å². The normalized spacial score (nSPS) is 20.2. The Balaban J connectivity index is 1.98. The topological polar surface area (TPSA) is 97.8 Å². The van der Waals surface area contributed by atoms with Crippen LogP contribution in [0.2, 0.25) is 0 Å². The summed E-state index contributed by atoms with van der Waals surface area (Å²) in [7, 11) is 0. The summed E-state index contributed by atoms with van der Waals surface area (Å²) in [5.74, 6) is -1.61. The molecule has 1 aliphatic heterocycles. The molecule has 1 aromatic heterocycles. The molecule has 1 amide bonds. The molecule has 3 unspecified atom stereocenters. The van der Waals surface area contributed by atoms with Crippen LogP contribution < -0.4 is 10.1 Å². The van der Waals surface area contributed by atoms with Crippen molar-refractivity contribution >= 4 is 11.9 Å². The van der Waals surface area contributed by atoms with Crippen molar-refractivity contribution in [1.82, 2.24) is 10.3 Å². The Morgan fingerprint density at radius 3 is 2.91 bits per heavy atom. The molecular formula is C15H20N2O5. The van der Waals surface area contributed by atoms with E-state index in [-0.39, 0.29) is 12.0 Å². The highest BCUT2D eigenvalue weighted by Crippen LogP contribution is 2.16. The Bertz CT molecular complexity index is 542. The largest absolute Gasteiger partial charge is 0.481 e. The van der Waals surface area contributed by atoms with Crippen LogP contribution in [0, 0.1) is 5.92 Å². The molecule has 2 rings (SSSR count). The second-order valence-corrected chi connectivity index (χ2v) is 5.38. The van der Waals surface area contributed by atoms with Crippen molar-refractivity contribution in [2.75, 3.05) is 13.2 Å². The zero-order chi connectivity index (χ0) is 16.1. The summed E-state index contributed by atoms with van der Waals surface area (Å²) in [6, 6.07) is 2.63. The van der Waals surface area contributed by atoms with Crippen LogP contribution in [0.15, 0.2) is 18.3 Å². The number of aliphatic carboxylic acids is 1. The van der Waals surface area contributed by atoms with Crippen LogP contribution in [-0.4, -0.2) is 47.3 Å². The van der Waals surface area contributed by atoms with Crippen LogP contribution in [0.5, 0.6) is 5.88 Å². The molecule has 0 bridgehead atoms. The van der Waals surface area contributed by atoms with Gasteiger partial charge in [-0.15, -0.1) is 0 Å². The van der Waals surface area contributed by atoms with E-state index in [2.05, 4.69) is 10.3 Å². The zero-order valence-corrected chi connectivity index (χ0v) is 12.6. The lowest BCUT2D eigenvalue weighted by Crippen LogP contribution is -2.40. The molecule has 2 heterocycles. The van der Waals surface area contributed by atoms with Gasteiger partial charge in [-0.25, -0.2) is 4.98 Å². The summed E-state index contributed by atoms with van der Waals surface area (Å²) in [5.41, 5.74) is 0.383. The molecule has 1 aromatic rings. The molecule has 2 N–H and O–H groups in total. The summed E-state index contributed by atoms with van der Waals surface area (Å²) in [4.78, 5) is 27.1. The maximum Gasteiger partial charge on any atom is 0.308 e. The number of carbonyl (C=O) groups is 2. The third kappa shape index (κ3) is 4.17. The van der Waals surface area contributed by atoms with E-state index >= 15 is 0 Å². The van der Waals surface area contributed by atoms with E-state index in [0.29, 0.717) is 24.7 Å². The third-order valence-corrected chi connectivity index (χ3v) is 3.67. The van der Waals surface area contributed by atoms with Crippen molar-refractivity contribution in [3.05, 3.63) is 23.9 Å². The van der Waals surface area contributed by atoms with Crippen LogP contribution in [0.25, 0.3) is 0 Å². The third-order valence-electron chi connectivity index (χ3n) is 3.67. The van der Waals surface area contributed by atoms with Crippen molar-refractivity contribution in [2.45, 2.75) is 32.4 Å². The Kier molecular flexibility index (Phi) is 5.32. The van der Waals surface area contributed by atoms with E-state index in [4.69, 9.17) is 14.6 Å². The van der Waals surface area contributed by atoms with Crippen molar-refractivity contribution in [2.24, 2.45) is 5.92 Å². The highest BCUT2D eigenvalue weighted by atomic mass is 16.5. The summed E-state index contributed by atoms with van der Waals surface area (Å²) in [5, 5.41) is 11.6. The molecule has 0 spiro atoms. The molecule has 0 saturated carbocycles. The quantitative estimate of drug-likeness (QED) is 0.816. The Morgan fingerprint density at radius 2 is 2.27 bits per heavy atom. The number of pyridine rings is 1. The number of rotatable bonds is 6. The predicted octanol–water partition coefficient (Wildman–Crippen LogP) is 1.09. The van der Waals surface area contributed by atoms with Gasteiger partial charge in [0.25, 0.3) is 5.91 Å². The molecule has 1 aliphatic rings. The predicted molar refractivity (Wildman–Crippen MR) is 77.8 cm³/mol. The summed E-state index contributed by atoms with van der Waals surface area (Å²) in [6.45, 7) is 4.39. The number of hydrogen-bond donors (Lipinski definition) is 2. The van der Waals surface area contributed by atoms with Crippen molar-refractivity contribution in [3.8, 4) is 5.88 Å². The molecule has 7 heteroatoms. The molecule has 3 atom stereocenters. The first kappa shape index (κ1) is 16.2. The summed E-state index contributed by atoms with van der Waals surface area (Å²) >= 11 is 0. The van der Waals surface area contributed by atoms with Crippen molar-refractivity contribution in [3.63, 3.8) is 0 Å². The molecule has 0 aromatic carbocycles. The fraction of sp³-hybridized carbons (Fsp3) is 0.533. The minimum Gasteiger partial charge on any atom is -0.481 e. The van der Waals surface area contributed by atoms with Crippen molar-refractivity contribution in [1.29, 1.82) is 0 Å². The number of aromatic nitrogens is 1. The van der Waals surface area contributed by atoms with Gasteiger partial charge in [-0.3, -0.25) is 9.59 Å². The number of carboxylic acids is 1. The second-order valence-electron chi connectivity index (χ2n) is 5.38. The SMILES string of the molecule is CC(NC(=O)c1ccnc(OC2CCOC2)c1)C(C)C(=O)O. The average Bonchev–Trinajstić information content (AvgIpc) is 2.99. The van der Waals surface area contributed by atoms with Gasteiger partial charge in [0, 0.05) is 30.3 Å². The summed E-state index contributed by atoms with van der Waals surface area (Å²) in [6.07, 6.45) is 2.24. The Morgan fingerprint density at radius 1 is 1.50 bits per heavy atom. The lowest BCUT2D eigenvalue weighted by molar-refractivity contribution is -0.141. The van der Waals surface area contributed by atoms with Gasteiger partial charge in [-0.1, -0.05) is 0 Å². The Labute approximate surface area is 128 Å². The molecular weight excluding hydrogens is 288 g/mol. The van der Waals surface area contributed by atoms with Gasteiger partial charge >= 0.3 is 5.97 Å². The zero-order valence-electron chi connectivity index (χ0n) is 12.6. The fourth-order valence-corrected chi connectivity index (χ4v) is 2.02. The van der Waals surface area contributed by atoms with Crippen LogP contribution in [0.1, 0.15) is 30.6 Å².